The smallest absolute Gasteiger partial charge is 0.327 e. The van der Waals surface area contributed by atoms with Crippen LogP contribution in [0.15, 0.2) is 24.5 Å². The molecule has 3 rings (SSSR count). The molecule has 0 N–H and O–H groups in total. The molecule has 10 nitrogen and oxygen atoms in total. The molecule has 0 aliphatic carbocycles. The summed E-state index contributed by atoms with van der Waals surface area (Å²) in [5, 5.41) is 14.3. The van der Waals surface area contributed by atoms with Gasteiger partial charge in [0.15, 0.2) is 0 Å². The maximum atomic E-state index is 10.5. The molecule has 1 aromatic carbocycles. The van der Waals surface area contributed by atoms with Crippen LogP contribution in [0.4, 0.5) is 0 Å². The number of hydrogen-bond acceptors (Lipinski definition) is 8. The first-order valence-corrected chi connectivity index (χ1v) is 10.2. The lowest BCUT2D eigenvalue weighted by Gasteiger charge is -2.29. The monoisotopic (exact) mass is 460 g/mol. The number of hydrogen-bond donors (Lipinski definition) is 0. The van der Waals surface area contributed by atoms with Crippen LogP contribution in [-0.2, 0) is 26.5 Å². The van der Waals surface area contributed by atoms with E-state index in [-0.39, 0.29) is 19.3 Å². The van der Waals surface area contributed by atoms with E-state index in [0.29, 0.717) is 28.8 Å². The summed E-state index contributed by atoms with van der Waals surface area (Å²) in [6.07, 6.45) is 4.16. The van der Waals surface area contributed by atoms with Gasteiger partial charge in [-0.3, -0.25) is 0 Å². The molecule has 1 aliphatic rings. The molecule has 164 valence electrons. The topological polar surface area (TPSA) is 111 Å². The van der Waals surface area contributed by atoms with Crippen LogP contribution in [0.2, 0.25) is 10.0 Å². The maximum Gasteiger partial charge on any atom is 0.327 e. The molecular formula is C18H22Cl2N4O6. The van der Waals surface area contributed by atoms with E-state index in [1.807, 2.05) is 0 Å². The average molecular weight is 461 g/mol. The molecule has 0 amide bonds. The van der Waals surface area contributed by atoms with Crippen LogP contribution in [0, 0.1) is 10.1 Å². The Morgan fingerprint density at radius 1 is 1.40 bits per heavy atom. The molecule has 0 saturated carbocycles. The number of nitrogens with zero attached hydrogens (tertiary/aromatic N) is 4. The Hall–Kier alpha value is -1.98. The van der Waals surface area contributed by atoms with Crippen molar-refractivity contribution in [2.45, 2.75) is 44.6 Å². The normalized spacial score (nSPS) is 21.1. The van der Waals surface area contributed by atoms with Crippen molar-refractivity contribution in [3.8, 4) is 6.01 Å². The van der Waals surface area contributed by atoms with Crippen molar-refractivity contribution in [2.75, 3.05) is 19.8 Å². The highest BCUT2D eigenvalue weighted by Crippen LogP contribution is 2.40. The Bertz CT molecular complexity index is 867. The fourth-order valence-electron chi connectivity index (χ4n) is 3.10. The first kappa shape index (κ1) is 22.7. The van der Waals surface area contributed by atoms with Crippen molar-refractivity contribution in [3.05, 3.63) is 50.2 Å². The minimum Gasteiger partial charge on any atom is -0.379 e. The molecule has 1 fully saturated rings. The van der Waals surface area contributed by atoms with E-state index >= 15 is 0 Å². The van der Waals surface area contributed by atoms with E-state index in [9.17, 15) is 10.1 Å². The molecule has 0 bridgehead atoms. The molecule has 1 saturated heterocycles. The molecule has 1 aliphatic heterocycles. The van der Waals surface area contributed by atoms with Gasteiger partial charge in [0, 0.05) is 17.2 Å². The summed E-state index contributed by atoms with van der Waals surface area (Å²) in [5.41, 5.74) is 0.550. The fourth-order valence-corrected chi connectivity index (χ4v) is 3.65. The third-order valence-corrected chi connectivity index (χ3v) is 4.99. The molecule has 0 radical (unpaired) electrons. The van der Waals surface area contributed by atoms with Crippen LogP contribution in [0.1, 0.15) is 31.7 Å². The highest BCUT2D eigenvalue weighted by atomic mass is 35.5. The van der Waals surface area contributed by atoms with Gasteiger partial charge in [-0.2, -0.15) is 4.98 Å². The lowest BCUT2D eigenvalue weighted by Crippen LogP contribution is -2.35. The second-order valence-corrected chi connectivity index (χ2v) is 7.59. The van der Waals surface area contributed by atoms with Crippen molar-refractivity contribution >= 4 is 23.2 Å². The van der Waals surface area contributed by atoms with Crippen LogP contribution in [0.25, 0.3) is 0 Å². The minimum absolute atomic E-state index is 0.0365. The van der Waals surface area contributed by atoms with Crippen molar-refractivity contribution in [2.24, 2.45) is 0 Å². The quantitative estimate of drug-likeness (QED) is 0.283. The zero-order valence-electron chi connectivity index (χ0n) is 16.3. The molecule has 0 spiro atoms. The van der Waals surface area contributed by atoms with Crippen molar-refractivity contribution in [1.29, 1.82) is 0 Å². The summed E-state index contributed by atoms with van der Waals surface area (Å²) < 4.78 is 19.3. The molecule has 30 heavy (non-hydrogen) atoms. The van der Waals surface area contributed by atoms with E-state index in [4.69, 9.17) is 37.4 Å². The molecule has 2 atom stereocenters. The van der Waals surface area contributed by atoms with Crippen LogP contribution >= 0.6 is 23.2 Å². The van der Waals surface area contributed by atoms with Crippen LogP contribution < -0.4 is 4.84 Å². The second kappa shape index (κ2) is 10.4. The number of benzene rings is 1. The van der Waals surface area contributed by atoms with Gasteiger partial charge in [-0.15, -0.1) is 15.2 Å². The highest BCUT2D eigenvalue weighted by molar-refractivity contribution is 6.35. The lowest BCUT2D eigenvalue weighted by molar-refractivity contribution is -0.713. The van der Waals surface area contributed by atoms with E-state index < -0.39 is 16.9 Å². The Morgan fingerprint density at radius 2 is 2.23 bits per heavy atom. The molecule has 2 heterocycles. The van der Waals surface area contributed by atoms with E-state index in [1.54, 1.807) is 18.2 Å². The van der Waals surface area contributed by atoms with Crippen LogP contribution in [0.5, 0.6) is 6.01 Å². The first-order chi connectivity index (χ1) is 14.4. The van der Waals surface area contributed by atoms with Gasteiger partial charge in [-0.25, -0.2) is 9.52 Å². The third-order valence-electron chi connectivity index (χ3n) is 4.44. The number of rotatable bonds is 11. The lowest BCUT2D eigenvalue weighted by atomic mass is 10.1. The minimum atomic E-state index is -1.29. The number of aromatic nitrogens is 3. The fraction of sp³-hybridized carbons (Fsp3) is 0.556. The summed E-state index contributed by atoms with van der Waals surface area (Å²) >= 11 is 12.4. The van der Waals surface area contributed by atoms with Gasteiger partial charge in [0.1, 0.15) is 19.0 Å². The summed E-state index contributed by atoms with van der Waals surface area (Å²) in [7, 11) is 0. The van der Waals surface area contributed by atoms with Gasteiger partial charge in [0.05, 0.1) is 18.2 Å². The summed E-state index contributed by atoms with van der Waals surface area (Å²) in [5.74, 6) is -1.29. The maximum absolute atomic E-state index is 10.5. The molecule has 12 heteroatoms. The van der Waals surface area contributed by atoms with Gasteiger partial charge >= 0.3 is 11.1 Å². The van der Waals surface area contributed by atoms with Gasteiger partial charge in [0.2, 0.25) is 5.79 Å². The SMILES string of the molecule is CCCCCOCC1COC(Cn2cnc(O[N+](=O)[O-])n2)(c2ccc(Cl)cc2Cl)O1. The molecule has 2 aromatic rings. The Kier molecular flexibility index (Phi) is 7.84. The predicted molar refractivity (Wildman–Crippen MR) is 107 cm³/mol. The zero-order chi connectivity index (χ0) is 21.6. The summed E-state index contributed by atoms with van der Waals surface area (Å²) in [4.78, 5) is 18.5. The van der Waals surface area contributed by atoms with E-state index in [1.165, 1.54) is 11.0 Å². The van der Waals surface area contributed by atoms with Crippen molar-refractivity contribution < 1.29 is 24.1 Å². The Labute approximate surface area is 183 Å². The van der Waals surface area contributed by atoms with Gasteiger partial charge in [-0.05, 0) is 18.6 Å². The summed E-state index contributed by atoms with van der Waals surface area (Å²) in [6.45, 7) is 3.45. The molecular weight excluding hydrogens is 439 g/mol. The van der Waals surface area contributed by atoms with E-state index in [0.717, 1.165) is 19.3 Å². The number of halogens is 2. The van der Waals surface area contributed by atoms with Crippen LogP contribution in [0.3, 0.4) is 0 Å². The zero-order valence-corrected chi connectivity index (χ0v) is 17.8. The van der Waals surface area contributed by atoms with E-state index in [2.05, 4.69) is 21.8 Å². The Morgan fingerprint density at radius 3 is 2.97 bits per heavy atom. The standard InChI is InChI=1S/C18H22Cl2N4O6/c1-2-3-4-7-27-9-14-10-28-18(29-14,15-6-5-13(19)8-16(15)20)11-23-12-21-17(22-23)30-24(25)26/h5-6,8,12,14H,2-4,7,9-11H2,1H3. The van der Waals surface area contributed by atoms with Crippen molar-refractivity contribution in [3.63, 3.8) is 0 Å². The Balaban J connectivity index is 1.76. The highest BCUT2D eigenvalue weighted by Gasteiger charge is 2.45. The number of unbranched alkanes of at least 4 members (excludes halogenated alkanes) is 2. The number of ether oxygens (including phenoxy) is 3. The second-order valence-electron chi connectivity index (χ2n) is 6.75. The largest absolute Gasteiger partial charge is 0.379 e. The first-order valence-electron chi connectivity index (χ1n) is 9.48. The predicted octanol–water partition coefficient (Wildman–Crippen LogP) is 3.63. The third kappa shape index (κ3) is 5.79. The van der Waals surface area contributed by atoms with Gasteiger partial charge in [-0.1, -0.05) is 49.0 Å². The van der Waals surface area contributed by atoms with Crippen molar-refractivity contribution in [1.82, 2.24) is 14.8 Å². The molecule has 2 unspecified atom stereocenters. The van der Waals surface area contributed by atoms with Gasteiger partial charge < -0.3 is 14.2 Å². The summed E-state index contributed by atoms with van der Waals surface area (Å²) in [6, 6.07) is 4.57. The molecule has 1 aromatic heterocycles. The van der Waals surface area contributed by atoms with Gasteiger partial charge in [0.25, 0.3) is 0 Å². The average Bonchev–Trinajstić information content (AvgIpc) is 3.28. The van der Waals surface area contributed by atoms with Crippen LogP contribution in [-0.4, -0.2) is 45.8 Å².